The summed E-state index contributed by atoms with van der Waals surface area (Å²) in [6, 6.07) is 0. The smallest absolute Gasteiger partial charge is 0.347 e. The third-order valence-electron chi connectivity index (χ3n) is 2.03. The highest BCUT2D eigenvalue weighted by Gasteiger charge is 2.15. The monoisotopic (exact) mass is 295 g/mol. The van der Waals surface area contributed by atoms with Gasteiger partial charge in [0.2, 0.25) is 0 Å². The number of aromatic carboxylic acids is 1. The highest BCUT2D eigenvalue weighted by molar-refractivity contribution is 8.02. The molecule has 0 aliphatic heterocycles. The molecule has 0 aliphatic rings. The van der Waals surface area contributed by atoms with Gasteiger partial charge in [0.1, 0.15) is 4.88 Å². The van der Waals surface area contributed by atoms with Crippen LogP contribution in [0.5, 0.6) is 0 Å². The van der Waals surface area contributed by atoms with Crippen LogP contribution in [0.4, 0.5) is 0 Å². The minimum absolute atomic E-state index is 0.0925. The Balaban J connectivity index is 2.59. The van der Waals surface area contributed by atoms with Crippen molar-refractivity contribution < 1.29 is 18.3 Å². The molecule has 0 saturated heterocycles. The molecule has 0 fully saturated rings. The van der Waals surface area contributed by atoms with E-state index in [1.807, 2.05) is 0 Å². The number of aromatic nitrogens is 1. The second kappa shape index (κ2) is 5.83. The SMILES string of the molecule is CCS(=O)(=O)CCSc1nc(C)c(C(=O)O)s1. The van der Waals surface area contributed by atoms with E-state index in [2.05, 4.69) is 4.98 Å². The largest absolute Gasteiger partial charge is 0.477 e. The molecule has 96 valence electrons. The summed E-state index contributed by atoms with van der Waals surface area (Å²) in [4.78, 5) is 15.1. The van der Waals surface area contributed by atoms with E-state index in [-0.39, 0.29) is 16.4 Å². The Morgan fingerprint density at radius 1 is 1.53 bits per heavy atom. The number of aryl methyl sites for hydroxylation is 1. The van der Waals surface area contributed by atoms with Crippen LogP contribution < -0.4 is 0 Å². The molecule has 17 heavy (non-hydrogen) atoms. The van der Waals surface area contributed by atoms with E-state index in [9.17, 15) is 13.2 Å². The van der Waals surface area contributed by atoms with Crippen LogP contribution >= 0.6 is 23.1 Å². The lowest BCUT2D eigenvalue weighted by molar-refractivity contribution is 0.0701. The molecule has 0 atom stereocenters. The number of hydrogen-bond donors (Lipinski definition) is 1. The lowest BCUT2D eigenvalue weighted by atomic mass is 10.4. The quantitative estimate of drug-likeness (QED) is 0.804. The number of carbonyl (C=O) groups is 1. The summed E-state index contributed by atoms with van der Waals surface area (Å²) in [5.74, 6) is -0.365. The second-order valence-electron chi connectivity index (χ2n) is 3.28. The van der Waals surface area contributed by atoms with E-state index in [4.69, 9.17) is 5.11 Å². The molecule has 5 nitrogen and oxygen atoms in total. The highest BCUT2D eigenvalue weighted by atomic mass is 32.2. The summed E-state index contributed by atoms with van der Waals surface area (Å²) in [6.45, 7) is 3.24. The first-order chi connectivity index (χ1) is 7.85. The molecule has 1 heterocycles. The first kappa shape index (κ1) is 14.5. The van der Waals surface area contributed by atoms with Crippen molar-refractivity contribution in [2.45, 2.75) is 18.2 Å². The van der Waals surface area contributed by atoms with Gasteiger partial charge in [0.25, 0.3) is 0 Å². The molecule has 0 radical (unpaired) electrons. The topological polar surface area (TPSA) is 84.3 Å². The zero-order valence-electron chi connectivity index (χ0n) is 9.47. The van der Waals surface area contributed by atoms with Crippen molar-refractivity contribution in [2.75, 3.05) is 17.3 Å². The van der Waals surface area contributed by atoms with Gasteiger partial charge < -0.3 is 5.11 Å². The molecule has 1 rings (SSSR count). The number of rotatable bonds is 6. The van der Waals surface area contributed by atoms with Crippen molar-refractivity contribution in [1.29, 1.82) is 0 Å². The summed E-state index contributed by atoms with van der Waals surface area (Å²) >= 11 is 2.36. The number of thioether (sulfide) groups is 1. The van der Waals surface area contributed by atoms with Gasteiger partial charge in [0.15, 0.2) is 14.2 Å². The van der Waals surface area contributed by atoms with Crippen LogP contribution in [0.25, 0.3) is 0 Å². The molecule has 0 unspecified atom stereocenters. The number of carboxylic acid groups (broad SMARTS) is 1. The van der Waals surface area contributed by atoms with Crippen LogP contribution in [0, 0.1) is 6.92 Å². The summed E-state index contributed by atoms with van der Waals surface area (Å²) in [5.41, 5.74) is 0.475. The van der Waals surface area contributed by atoms with Crippen LogP contribution in [0.2, 0.25) is 0 Å². The van der Waals surface area contributed by atoms with Gasteiger partial charge in [-0.25, -0.2) is 18.2 Å². The third-order valence-corrected chi connectivity index (χ3v) is 6.29. The molecular weight excluding hydrogens is 282 g/mol. The molecule has 1 N–H and O–H groups in total. The number of nitrogens with zero attached hydrogens (tertiary/aromatic N) is 1. The second-order valence-corrected chi connectivity index (χ2v) is 8.10. The zero-order chi connectivity index (χ0) is 13.1. The van der Waals surface area contributed by atoms with Crippen molar-refractivity contribution in [2.24, 2.45) is 0 Å². The Hall–Kier alpha value is -0.600. The van der Waals surface area contributed by atoms with Gasteiger partial charge in [-0.3, -0.25) is 0 Å². The van der Waals surface area contributed by atoms with Crippen molar-refractivity contribution in [1.82, 2.24) is 4.98 Å². The first-order valence-corrected chi connectivity index (χ1v) is 8.52. The Morgan fingerprint density at radius 2 is 2.18 bits per heavy atom. The zero-order valence-corrected chi connectivity index (χ0v) is 11.9. The fourth-order valence-corrected chi connectivity index (χ4v) is 4.42. The van der Waals surface area contributed by atoms with Crippen molar-refractivity contribution in [3.8, 4) is 0 Å². The Morgan fingerprint density at radius 3 is 2.65 bits per heavy atom. The molecular formula is C9H13NO4S3. The van der Waals surface area contributed by atoms with Crippen LogP contribution in [0.1, 0.15) is 22.3 Å². The van der Waals surface area contributed by atoms with Gasteiger partial charge in [-0.1, -0.05) is 18.7 Å². The van der Waals surface area contributed by atoms with E-state index in [0.717, 1.165) is 11.3 Å². The molecule has 0 aromatic carbocycles. The van der Waals surface area contributed by atoms with Gasteiger partial charge in [-0.05, 0) is 6.92 Å². The molecule has 1 aromatic rings. The van der Waals surface area contributed by atoms with Gasteiger partial charge >= 0.3 is 5.97 Å². The number of sulfone groups is 1. The average molecular weight is 295 g/mol. The molecule has 1 aromatic heterocycles. The minimum Gasteiger partial charge on any atom is -0.477 e. The maximum Gasteiger partial charge on any atom is 0.347 e. The predicted molar refractivity (Wildman–Crippen MR) is 68.9 cm³/mol. The van der Waals surface area contributed by atoms with Crippen LogP contribution in [0.3, 0.4) is 0 Å². The Labute approximate surface area is 108 Å². The molecule has 0 spiro atoms. The lowest BCUT2D eigenvalue weighted by Crippen LogP contribution is -2.10. The standard InChI is InChI=1S/C9H13NO4S3/c1-3-17(13,14)5-4-15-9-10-6(2)7(16-9)8(11)12/h3-5H2,1-2H3,(H,11,12). The van der Waals surface area contributed by atoms with E-state index < -0.39 is 15.8 Å². The average Bonchev–Trinajstić information content (AvgIpc) is 2.59. The van der Waals surface area contributed by atoms with Gasteiger partial charge in [0, 0.05) is 11.5 Å². The summed E-state index contributed by atoms with van der Waals surface area (Å²) in [5, 5.41) is 8.84. The molecule has 0 amide bonds. The third kappa shape index (κ3) is 4.29. The minimum atomic E-state index is -2.97. The predicted octanol–water partition coefficient (Wildman–Crippen LogP) is 1.68. The first-order valence-electron chi connectivity index (χ1n) is 4.89. The molecule has 0 aliphatic carbocycles. The number of hydrogen-bond acceptors (Lipinski definition) is 6. The van der Waals surface area contributed by atoms with E-state index in [1.54, 1.807) is 13.8 Å². The maximum absolute atomic E-state index is 11.2. The summed E-state index contributed by atoms with van der Waals surface area (Å²) in [7, 11) is -2.97. The number of carboxylic acids is 1. The fraction of sp³-hybridized carbons (Fsp3) is 0.556. The molecule has 0 bridgehead atoms. The summed E-state index contributed by atoms with van der Waals surface area (Å²) in [6.07, 6.45) is 0. The van der Waals surface area contributed by atoms with E-state index in [1.165, 1.54) is 11.8 Å². The Bertz CT molecular complexity index is 506. The summed E-state index contributed by atoms with van der Waals surface area (Å²) < 4.78 is 23.1. The normalized spacial score (nSPS) is 11.6. The van der Waals surface area contributed by atoms with Crippen LogP contribution in [-0.2, 0) is 9.84 Å². The lowest BCUT2D eigenvalue weighted by Gasteiger charge is -1.98. The molecule has 8 heteroatoms. The van der Waals surface area contributed by atoms with Crippen LogP contribution in [0.15, 0.2) is 4.34 Å². The van der Waals surface area contributed by atoms with Crippen molar-refractivity contribution in [3.63, 3.8) is 0 Å². The van der Waals surface area contributed by atoms with E-state index in [0.29, 0.717) is 15.8 Å². The molecule has 0 saturated carbocycles. The van der Waals surface area contributed by atoms with Crippen molar-refractivity contribution >= 4 is 38.9 Å². The van der Waals surface area contributed by atoms with Gasteiger partial charge in [-0.2, -0.15) is 0 Å². The number of thiazole rings is 1. The van der Waals surface area contributed by atoms with E-state index >= 15 is 0 Å². The van der Waals surface area contributed by atoms with Gasteiger partial charge in [-0.15, -0.1) is 11.3 Å². The van der Waals surface area contributed by atoms with Crippen LogP contribution in [-0.4, -0.2) is 41.7 Å². The van der Waals surface area contributed by atoms with Crippen molar-refractivity contribution in [3.05, 3.63) is 10.6 Å². The van der Waals surface area contributed by atoms with Gasteiger partial charge in [0.05, 0.1) is 11.4 Å². The highest BCUT2D eigenvalue weighted by Crippen LogP contribution is 2.27. The Kier molecular flexibility index (Phi) is 4.96. The fourth-order valence-electron chi connectivity index (χ4n) is 1.03. The maximum atomic E-state index is 11.2.